The van der Waals surface area contributed by atoms with E-state index in [1.54, 1.807) is 7.11 Å². The Kier molecular flexibility index (Phi) is 4.87. The zero-order valence-electron chi connectivity index (χ0n) is 19.1. The molecule has 2 fully saturated rings. The van der Waals surface area contributed by atoms with Crippen molar-refractivity contribution in [2.24, 2.45) is 0 Å². The van der Waals surface area contributed by atoms with Crippen molar-refractivity contribution in [3.8, 4) is 5.75 Å². The molecule has 7 heteroatoms. The third kappa shape index (κ3) is 3.30. The van der Waals surface area contributed by atoms with Crippen LogP contribution in [0.25, 0.3) is 0 Å². The summed E-state index contributed by atoms with van der Waals surface area (Å²) in [7, 11) is 3.58. The summed E-state index contributed by atoms with van der Waals surface area (Å²) < 4.78 is 7.45. The Morgan fingerprint density at radius 2 is 1.85 bits per heavy atom. The van der Waals surface area contributed by atoms with Crippen LogP contribution in [-0.2, 0) is 13.0 Å². The second-order valence-electron chi connectivity index (χ2n) is 9.27. The fourth-order valence-electron chi connectivity index (χ4n) is 5.64. The maximum absolute atomic E-state index is 13.6. The van der Waals surface area contributed by atoms with Gasteiger partial charge in [0.15, 0.2) is 17.8 Å². The summed E-state index contributed by atoms with van der Waals surface area (Å²) in [6.45, 7) is 0.619. The van der Waals surface area contributed by atoms with Crippen LogP contribution in [0.2, 0.25) is 0 Å². The van der Waals surface area contributed by atoms with Gasteiger partial charge in [0, 0.05) is 32.1 Å². The average molecular weight is 444 g/mol. The lowest BCUT2D eigenvalue weighted by Gasteiger charge is -2.39. The van der Waals surface area contributed by atoms with Crippen molar-refractivity contribution in [3.63, 3.8) is 0 Å². The monoisotopic (exact) mass is 443 g/mol. The predicted molar refractivity (Wildman–Crippen MR) is 126 cm³/mol. The molecule has 1 saturated heterocycles. The van der Waals surface area contributed by atoms with Gasteiger partial charge in [-0.05, 0) is 42.5 Å². The molecule has 1 amide bonds. The molecular formula is C26H29N5O2. The molecule has 0 spiro atoms. The van der Waals surface area contributed by atoms with Crippen LogP contribution in [0.4, 0.5) is 5.82 Å². The van der Waals surface area contributed by atoms with Crippen molar-refractivity contribution < 1.29 is 9.53 Å². The summed E-state index contributed by atoms with van der Waals surface area (Å²) in [5, 5.41) is 3.68. The highest BCUT2D eigenvalue weighted by Gasteiger charge is 2.51. The summed E-state index contributed by atoms with van der Waals surface area (Å²) in [6.07, 6.45) is 4.03. The molecule has 1 unspecified atom stereocenters. The van der Waals surface area contributed by atoms with Crippen LogP contribution in [0.3, 0.4) is 0 Å². The molecule has 1 saturated carbocycles. The van der Waals surface area contributed by atoms with Crippen LogP contribution < -0.4 is 15.0 Å². The number of methoxy groups -OCH3 is 1. The van der Waals surface area contributed by atoms with Gasteiger partial charge in [-0.15, -0.1) is 0 Å². The number of benzene rings is 2. The highest BCUT2D eigenvalue weighted by Crippen LogP contribution is 2.41. The van der Waals surface area contributed by atoms with E-state index in [-0.39, 0.29) is 12.2 Å². The number of ether oxygens (including phenoxy) is 1. The minimum Gasteiger partial charge on any atom is -0.497 e. The number of carbonyl (C=O) groups is 1. The van der Waals surface area contributed by atoms with Crippen molar-refractivity contribution in [1.29, 1.82) is 0 Å². The molecule has 170 valence electrons. The van der Waals surface area contributed by atoms with E-state index in [1.165, 1.54) is 6.42 Å². The molecule has 1 aliphatic carbocycles. The fourth-order valence-corrected chi connectivity index (χ4v) is 5.64. The number of amides is 1. The first-order chi connectivity index (χ1) is 16.1. The van der Waals surface area contributed by atoms with Crippen LogP contribution in [0.15, 0.2) is 54.6 Å². The van der Waals surface area contributed by atoms with Crippen molar-refractivity contribution in [2.45, 2.75) is 50.6 Å². The zero-order valence-corrected chi connectivity index (χ0v) is 19.1. The third-order valence-corrected chi connectivity index (χ3v) is 7.33. The number of nitrogens with one attached hydrogen (secondary N) is 1. The lowest BCUT2D eigenvalue weighted by Crippen LogP contribution is -2.57. The lowest BCUT2D eigenvalue weighted by molar-refractivity contribution is 0.0682. The number of aromatic nitrogens is 2. The molecule has 7 nitrogen and oxygen atoms in total. The molecule has 0 bridgehead atoms. The Labute approximate surface area is 194 Å². The Balaban J connectivity index is 1.46. The molecule has 3 aliphatic rings. The Bertz CT molecular complexity index is 1170. The number of hydrogen-bond donors (Lipinski definition) is 1. The molecule has 1 aromatic heterocycles. The van der Waals surface area contributed by atoms with E-state index < -0.39 is 0 Å². The standard InChI is InChI=1S/C26H29N5O2/c1-29-25(32)23-24(31-21-10-6-9-20(21)27-26(29)31)28-22(15-17-11-13-19(33-2)14-12-17)30(23)16-18-7-4-3-5-8-18/h3-5,7-8,11-14,20-21,26-27H,6,9-10,15-16H2,1-2H3/t20-,21+,26?/m1/s1. The van der Waals surface area contributed by atoms with E-state index in [2.05, 4.69) is 39.0 Å². The van der Waals surface area contributed by atoms with E-state index >= 15 is 0 Å². The van der Waals surface area contributed by atoms with Gasteiger partial charge in [0.25, 0.3) is 5.91 Å². The van der Waals surface area contributed by atoms with Gasteiger partial charge >= 0.3 is 0 Å². The minimum atomic E-state index is -0.116. The third-order valence-electron chi connectivity index (χ3n) is 7.33. The van der Waals surface area contributed by atoms with Crippen LogP contribution in [0.5, 0.6) is 5.75 Å². The summed E-state index contributed by atoms with van der Waals surface area (Å²) in [5.74, 6) is 2.62. The van der Waals surface area contributed by atoms with Gasteiger partial charge in [-0.1, -0.05) is 42.5 Å². The molecule has 0 radical (unpaired) electrons. The van der Waals surface area contributed by atoms with Crippen molar-refractivity contribution in [1.82, 2.24) is 19.8 Å². The molecule has 3 heterocycles. The molecule has 2 aromatic carbocycles. The Morgan fingerprint density at radius 3 is 2.61 bits per heavy atom. The van der Waals surface area contributed by atoms with E-state index in [0.717, 1.165) is 41.4 Å². The molecular weight excluding hydrogens is 414 g/mol. The first-order valence-corrected chi connectivity index (χ1v) is 11.7. The van der Waals surface area contributed by atoms with Gasteiger partial charge < -0.3 is 19.1 Å². The maximum atomic E-state index is 13.6. The van der Waals surface area contributed by atoms with Crippen LogP contribution in [-0.4, -0.2) is 52.9 Å². The smallest absolute Gasteiger partial charge is 0.276 e. The van der Waals surface area contributed by atoms with Crippen molar-refractivity contribution >= 4 is 11.7 Å². The topological polar surface area (TPSA) is 62.6 Å². The van der Waals surface area contributed by atoms with Gasteiger partial charge in [-0.2, -0.15) is 0 Å². The average Bonchev–Trinajstić information content (AvgIpc) is 3.52. The number of anilines is 1. The van der Waals surface area contributed by atoms with Gasteiger partial charge in [0.1, 0.15) is 11.6 Å². The van der Waals surface area contributed by atoms with Gasteiger partial charge in [0.2, 0.25) is 0 Å². The molecule has 33 heavy (non-hydrogen) atoms. The molecule has 2 aliphatic heterocycles. The van der Waals surface area contributed by atoms with Gasteiger partial charge in [-0.3, -0.25) is 10.1 Å². The van der Waals surface area contributed by atoms with E-state index in [9.17, 15) is 4.79 Å². The summed E-state index contributed by atoms with van der Waals surface area (Å²) >= 11 is 0. The normalized spacial score (nSPS) is 23.5. The fraction of sp³-hybridized carbons (Fsp3) is 0.385. The minimum absolute atomic E-state index is 0.0307. The number of carbonyl (C=O) groups excluding carboxylic acids is 1. The lowest BCUT2D eigenvalue weighted by atomic mass is 10.1. The predicted octanol–water partition coefficient (Wildman–Crippen LogP) is 3.23. The summed E-state index contributed by atoms with van der Waals surface area (Å²) in [6, 6.07) is 19.2. The van der Waals surface area contributed by atoms with Crippen molar-refractivity contribution in [2.75, 3.05) is 19.1 Å². The Morgan fingerprint density at radius 1 is 1.06 bits per heavy atom. The molecule has 1 N–H and O–H groups in total. The molecule has 3 atom stereocenters. The van der Waals surface area contributed by atoms with Crippen LogP contribution in [0.1, 0.15) is 46.7 Å². The second-order valence-corrected chi connectivity index (χ2v) is 9.27. The van der Waals surface area contributed by atoms with Gasteiger partial charge in [-0.25, -0.2) is 4.98 Å². The highest BCUT2D eigenvalue weighted by atomic mass is 16.5. The molecule has 6 rings (SSSR count). The Hall–Kier alpha value is -3.32. The summed E-state index contributed by atoms with van der Waals surface area (Å²) in [4.78, 5) is 23.0. The van der Waals surface area contributed by atoms with Gasteiger partial charge in [0.05, 0.1) is 7.11 Å². The quantitative estimate of drug-likeness (QED) is 0.656. The number of hydrogen-bond acceptors (Lipinski definition) is 5. The second kappa shape index (κ2) is 7.92. The van der Waals surface area contributed by atoms with Crippen molar-refractivity contribution in [3.05, 3.63) is 77.2 Å². The number of nitrogens with zero attached hydrogens (tertiary/aromatic N) is 4. The van der Waals surface area contributed by atoms with Crippen LogP contribution >= 0.6 is 0 Å². The SMILES string of the molecule is COc1ccc(Cc2nc3c(n2Cc2ccccc2)C(=O)N(C)C2N[C@@H]4CCC[C@@H]4N32)cc1. The van der Waals surface area contributed by atoms with E-state index in [4.69, 9.17) is 9.72 Å². The largest absolute Gasteiger partial charge is 0.497 e. The van der Waals surface area contributed by atoms with E-state index in [0.29, 0.717) is 30.7 Å². The number of imidazole rings is 1. The van der Waals surface area contributed by atoms with E-state index in [1.807, 2.05) is 42.3 Å². The first kappa shape index (κ1) is 20.3. The van der Waals surface area contributed by atoms with Crippen LogP contribution in [0, 0.1) is 0 Å². The highest BCUT2D eigenvalue weighted by molar-refractivity contribution is 6.00. The maximum Gasteiger partial charge on any atom is 0.276 e. The zero-order chi connectivity index (χ0) is 22.5. The molecule has 3 aromatic rings. The number of fused-ring (bicyclic) bond motifs is 5. The first-order valence-electron chi connectivity index (χ1n) is 11.7. The number of rotatable bonds is 5. The summed E-state index contributed by atoms with van der Waals surface area (Å²) in [5.41, 5.74) is 3.00.